The average molecular weight is 877 g/mol. The molecule has 1 spiro atoms. The number of carbonyl (C=O) groups excluding carboxylic acids is 3. The highest BCUT2D eigenvalue weighted by Crippen LogP contribution is 2.60. The predicted molar refractivity (Wildman–Crippen MR) is 236 cm³/mol. The van der Waals surface area contributed by atoms with Crippen LogP contribution < -0.4 is 24.9 Å². The summed E-state index contributed by atoms with van der Waals surface area (Å²) in [5.74, 6) is 0.481. The summed E-state index contributed by atoms with van der Waals surface area (Å²) in [5, 5.41) is 14.2. The topological polar surface area (TPSA) is 118 Å². The largest absolute Gasteiger partial charge is 0.497 e. The first-order chi connectivity index (χ1) is 28.4. The molecule has 1 saturated heterocycles. The Morgan fingerprint density at radius 3 is 2.20 bits per heavy atom. The number of ether oxygens (including phenoxy) is 3. The van der Waals surface area contributed by atoms with Crippen LogP contribution in [0.4, 0.5) is 11.4 Å². The number of halogens is 1. The zero-order valence-electron chi connectivity index (χ0n) is 34.0. The van der Waals surface area contributed by atoms with Gasteiger partial charge in [0.1, 0.15) is 11.5 Å². The number of fused-ring (bicyclic) bond motifs is 2. The third-order valence-electron chi connectivity index (χ3n) is 12.0. The van der Waals surface area contributed by atoms with E-state index in [1.165, 1.54) is 0 Å². The normalized spacial score (nSPS) is 19.7. The van der Waals surface area contributed by atoms with Gasteiger partial charge in [-0.3, -0.25) is 14.4 Å². The fourth-order valence-electron chi connectivity index (χ4n) is 9.04. The number of aliphatic hydroxyl groups excluding tert-OH is 1. The molecule has 3 amide bonds. The van der Waals surface area contributed by atoms with Gasteiger partial charge in [0.05, 0.1) is 53.7 Å². The molecule has 0 unspecified atom stereocenters. The smallest absolute Gasteiger partial charge is 0.264 e. The maximum absolute atomic E-state index is 15.4. The first-order valence-corrected chi connectivity index (χ1v) is 23.7. The highest BCUT2D eigenvalue weighted by atomic mass is 79.9. The maximum Gasteiger partial charge on any atom is 0.264 e. The molecule has 10 nitrogen and oxygen atoms in total. The Morgan fingerprint density at radius 2 is 1.54 bits per heavy atom. The van der Waals surface area contributed by atoms with Crippen LogP contribution in [0.1, 0.15) is 40.4 Å². The molecule has 2 aliphatic heterocycles. The number of rotatable bonds is 14. The monoisotopic (exact) mass is 875 g/mol. The fraction of sp³-hybridized carbons (Fsp3) is 0.298. The van der Waals surface area contributed by atoms with E-state index in [0.717, 1.165) is 37.8 Å². The van der Waals surface area contributed by atoms with E-state index in [4.69, 9.17) is 14.2 Å². The van der Waals surface area contributed by atoms with Gasteiger partial charge in [-0.2, -0.15) is 0 Å². The highest BCUT2D eigenvalue weighted by Gasteiger charge is 2.66. The van der Waals surface area contributed by atoms with Crippen molar-refractivity contribution in [2.45, 2.75) is 56.8 Å². The van der Waals surface area contributed by atoms with Crippen LogP contribution in [0.5, 0.6) is 11.5 Å². The minimum Gasteiger partial charge on any atom is -0.497 e. The number of aliphatic hydroxyl groups is 1. The van der Waals surface area contributed by atoms with E-state index in [9.17, 15) is 14.7 Å². The van der Waals surface area contributed by atoms with Crippen molar-refractivity contribution in [3.8, 4) is 11.5 Å². The number of methoxy groups -OCH3 is 2. The molecule has 7 rings (SSSR count). The molecule has 5 aromatic carbocycles. The lowest BCUT2D eigenvalue weighted by molar-refractivity contribution is -0.150. The lowest BCUT2D eigenvalue weighted by atomic mass is 9.82. The van der Waals surface area contributed by atoms with Crippen molar-refractivity contribution in [1.82, 2.24) is 4.90 Å². The molecule has 306 valence electrons. The number of benzene rings is 5. The molecule has 1 fully saturated rings. The van der Waals surface area contributed by atoms with E-state index >= 15 is 4.79 Å². The first-order valence-electron chi connectivity index (χ1n) is 19.8. The minimum atomic E-state index is -2.54. The second-order valence-electron chi connectivity index (χ2n) is 15.8. The van der Waals surface area contributed by atoms with Crippen LogP contribution in [0.2, 0.25) is 18.6 Å². The van der Waals surface area contributed by atoms with Gasteiger partial charge in [-0.05, 0) is 83.4 Å². The van der Waals surface area contributed by atoms with E-state index < -0.39 is 19.8 Å². The molecule has 0 aromatic heterocycles. The molecule has 2 N–H and O–H groups in total. The Morgan fingerprint density at radius 1 is 0.881 bits per heavy atom. The summed E-state index contributed by atoms with van der Waals surface area (Å²) in [7, 11) is 0.678. The molecule has 2 heterocycles. The molecule has 12 heteroatoms. The van der Waals surface area contributed by atoms with Crippen LogP contribution in [-0.2, 0) is 33.0 Å². The van der Waals surface area contributed by atoms with E-state index in [1.807, 2.05) is 84.9 Å². The molecule has 0 aliphatic carbocycles. The SMILES string of the molecule is COc1ccc(C(=O)Nc2cccc(CN3C(=O)[C@]4(O[C@H](CC(=O)N(CCO)Cc5ccccc5)[C@@H]([Si](C)(C)c5ccc(OC)cc5)[C@@H]4C)c4cc(Br)ccc43)c2)cc1. The summed E-state index contributed by atoms with van der Waals surface area (Å²) in [6, 6.07) is 38.1. The first kappa shape index (κ1) is 41.9. The van der Waals surface area contributed by atoms with Crippen LogP contribution in [0.25, 0.3) is 0 Å². The Balaban J connectivity index is 1.23. The number of carbonyl (C=O) groups is 3. The van der Waals surface area contributed by atoms with Gasteiger partial charge in [0.25, 0.3) is 11.8 Å². The second-order valence-corrected chi connectivity index (χ2v) is 21.4. The summed E-state index contributed by atoms with van der Waals surface area (Å²) in [6.07, 6.45) is -0.562. The van der Waals surface area contributed by atoms with Gasteiger partial charge < -0.3 is 34.4 Å². The van der Waals surface area contributed by atoms with Crippen molar-refractivity contribution in [2.75, 3.05) is 37.6 Å². The van der Waals surface area contributed by atoms with Gasteiger partial charge in [-0.15, -0.1) is 0 Å². The van der Waals surface area contributed by atoms with Crippen molar-refractivity contribution >= 4 is 58.3 Å². The van der Waals surface area contributed by atoms with Crippen LogP contribution >= 0.6 is 15.9 Å². The standard InChI is InChI=1S/C47H50BrN3O7Si/c1-31-44(59(4,5)39-21-19-38(57-3)20-22-39)42(28-43(53)50(24-25-52)29-32-10-7-6-8-11-32)58-47(31)40-27-35(48)16-23-41(40)51(46(47)55)30-33-12-9-13-36(26-33)49-45(54)34-14-17-37(56-2)18-15-34/h6-23,26-27,31,42,44,52H,24-25,28-30H2,1-5H3,(H,49,54)/t31-,42+,44-,47+/m0/s1. The second kappa shape index (κ2) is 17.5. The lowest BCUT2D eigenvalue weighted by Gasteiger charge is -2.37. The van der Waals surface area contributed by atoms with Gasteiger partial charge in [-0.25, -0.2) is 0 Å². The summed E-state index contributed by atoms with van der Waals surface area (Å²) < 4.78 is 18.8. The van der Waals surface area contributed by atoms with Crippen LogP contribution in [0.15, 0.2) is 126 Å². The van der Waals surface area contributed by atoms with Crippen molar-refractivity contribution in [3.05, 3.63) is 148 Å². The van der Waals surface area contributed by atoms with E-state index in [2.05, 4.69) is 53.4 Å². The number of hydrogen-bond donors (Lipinski definition) is 2. The Kier molecular flexibility index (Phi) is 12.4. The third kappa shape index (κ3) is 8.32. The number of anilines is 2. The number of hydrogen-bond acceptors (Lipinski definition) is 7. The van der Waals surface area contributed by atoms with Gasteiger partial charge >= 0.3 is 0 Å². The molecule has 2 aliphatic rings. The minimum absolute atomic E-state index is 0.0444. The molecule has 0 radical (unpaired) electrons. The summed E-state index contributed by atoms with van der Waals surface area (Å²) in [4.78, 5) is 46.4. The lowest BCUT2D eigenvalue weighted by Crippen LogP contribution is -2.52. The third-order valence-corrected chi connectivity index (χ3v) is 16.8. The summed E-state index contributed by atoms with van der Waals surface area (Å²) in [5.41, 5.74) is 2.80. The molecular formula is C47H50BrN3O7Si. The number of nitrogens with zero attached hydrogens (tertiary/aromatic N) is 2. The zero-order chi connectivity index (χ0) is 41.9. The van der Waals surface area contributed by atoms with E-state index in [1.54, 1.807) is 48.3 Å². The molecule has 4 atom stereocenters. The molecule has 59 heavy (non-hydrogen) atoms. The van der Waals surface area contributed by atoms with Gasteiger partial charge in [0.2, 0.25) is 5.91 Å². The fourth-order valence-corrected chi connectivity index (χ4v) is 13.4. The van der Waals surface area contributed by atoms with Gasteiger partial charge in [0, 0.05) is 40.3 Å². The molecule has 0 bridgehead atoms. The summed E-state index contributed by atoms with van der Waals surface area (Å²) >= 11 is 3.69. The number of nitrogens with one attached hydrogen (secondary N) is 1. The van der Waals surface area contributed by atoms with Gasteiger partial charge in [0.15, 0.2) is 5.60 Å². The predicted octanol–water partition coefficient (Wildman–Crippen LogP) is 7.89. The Bertz CT molecular complexity index is 2310. The van der Waals surface area contributed by atoms with Crippen molar-refractivity contribution in [2.24, 2.45) is 5.92 Å². The molecule has 5 aromatic rings. The highest BCUT2D eigenvalue weighted by molar-refractivity contribution is 9.10. The maximum atomic E-state index is 15.4. The Labute approximate surface area is 355 Å². The van der Waals surface area contributed by atoms with Crippen molar-refractivity contribution in [3.63, 3.8) is 0 Å². The molecule has 0 saturated carbocycles. The Hall–Kier alpha value is -5.27. The molecular weight excluding hydrogens is 827 g/mol. The number of amides is 3. The van der Waals surface area contributed by atoms with Crippen molar-refractivity contribution in [1.29, 1.82) is 0 Å². The average Bonchev–Trinajstić information content (AvgIpc) is 3.66. The summed E-state index contributed by atoms with van der Waals surface area (Å²) in [6.45, 7) is 7.25. The van der Waals surface area contributed by atoms with Crippen LogP contribution in [0.3, 0.4) is 0 Å². The van der Waals surface area contributed by atoms with Crippen LogP contribution in [-0.4, -0.2) is 69.3 Å². The van der Waals surface area contributed by atoms with Gasteiger partial charge in [-0.1, -0.05) is 95.7 Å². The van der Waals surface area contributed by atoms with Crippen molar-refractivity contribution < 1.29 is 33.7 Å². The zero-order valence-corrected chi connectivity index (χ0v) is 36.6. The quantitative estimate of drug-likeness (QED) is 0.109. The van der Waals surface area contributed by atoms with Crippen LogP contribution in [0, 0.1) is 5.92 Å². The van der Waals surface area contributed by atoms with E-state index in [-0.39, 0.29) is 55.3 Å². The van der Waals surface area contributed by atoms with E-state index in [0.29, 0.717) is 23.5 Å².